The maximum absolute atomic E-state index is 12.5. The molecule has 0 aliphatic heterocycles. The van der Waals surface area contributed by atoms with Crippen LogP contribution in [0.15, 0.2) is 57.7 Å². The molecule has 0 atom stereocenters. The standard InChI is InChI=1S/C23H19NO4S/c1-3-19-17(16-6-4-5-7-20(16)28-19)12-21-23(26)24-22(29-21)13-18(25)14-8-10-15(27-2)11-9-14/h4-13H,3H2,1-2H3,(H,24,26)/b21-12-,22-13-. The Balaban J connectivity index is 1.76. The van der Waals surface area contributed by atoms with Crippen molar-refractivity contribution in [2.24, 2.45) is 0 Å². The van der Waals surface area contributed by atoms with Gasteiger partial charge in [0.15, 0.2) is 5.78 Å². The highest BCUT2D eigenvalue weighted by Gasteiger charge is 2.11. The van der Waals surface area contributed by atoms with E-state index in [0.29, 0.717) is 20.5 Å². The number of thiazole rings is 1. The summed E-state index contributed by atoms with van der Waals surface area (Å²) in [5, 5.41) is 0.969. The number of Topliss-reactive ketones (excluding diaryl/α,β-unsaturated/α-hetero) is 1. The van der Waals surface area contributed by atoms with E-state index in [2.05, 4.69) is 4.98 Å². The smallest absolute Gasteiger partial charge is 0.266 e. The number of ketones is 1. The molecule has 0 unspecified atom stereocenters. The lowest BCUT2D eigenvalue weighted by molar-refractivity contribution is 0.106. The molecule has 0 aliphatic carbocycles. The quantitative estimate of drug-likeness (QED) is 0.518. The number of nitrogens with one attached hydrogen (secondary N) is 1. The minimum Gasteiger partial charge on any atom is -0.497 e. The molecule has 0 radical (unpaired) electrons. The van der Waals surface area contributed by atoms with Gasteiger partial charge >= 0.3 is 0 Å². The highest BCUT2D eigenvalue weighted by molar-refractivity contribution is 7.07. The van der Waals surface area contributed by atoms with Gasteiger partial charge in [0, 0.05) is 29.0 Å². The van der Waals surface area contributed by atoms with Crippen LogP contribution >= 0.6 is 11.3 Å². The molecule has 146 valence electrons. The number of hydrogen-bond acceptors (Lipinski definition) is 5. The molecule has 1 N–H and O–H groups in total. The topological polar surface area (TPSA) is 72.3 Å². The maximum atomic E-state index is 12.5. The maximum Gasteiger partial charge on any atom is 0.266 e. The fourth-order valence-electron chi connectivity index (χ4n) is 3.15. The molecular formula is C23H19NO4S. The number of hydrogen-bond donors (Lipinski definition) is 1. The van der Waals surface area contributed by atoms with E-state index in [1.54, 1.807) is 31.4 Å². The minimum atomic E-state index is -0.226. The second-order valence-electron chi connectivity index (χ2n) is 6.45. The normalized spacial score (nSPS) is 12.6. The summed E-state index contributed by atoms with van der Waals surface area (Å²) in [7, 11) is 1.57. The van der Waals surface area contributed by atoms with Crippen molar-refractivity contribution < 1.29 is 13.9 Å². The second-order valence-corrected chi connectivity index (χ2v) is 7.54. The van der Waals surface area contributed by atoms with Crippen molar-refractivity contribution in [2.75, 3.05) is 7.11 Å². The van der Waals surface area contributed by atoms with Crippen LogP contribution in [0.5, 0.6) is 5.75 Å². The number of rotatable bonds is 5. The lowest BCUT2D eigenvalue weighted by Crippen LogP contribution is -2.20. The summed E-state index contributed by atoms with van der Waals surface area (Å²) in [5.41, 5.74) is 2.00. The highest BCUT2D eigenvalue weighted by Crippen LogP contribution is 2.26. The van der Waals surface area contributed by atoms with Gasteiger partial charge in [-0.15, -0.1) is 11.3 Å². The zero-order valence-electron chi connectivity index (χ0n) is 16.0. The Bertz CT molecular complexity index is 1360. The van der Waals surface area contributed by atoms with Gasteiger partial charge in [0.25, 0.3) is 5.56 Å². The third kappa shape index (κ3) is 3.79. The minimum absolute atomic E-state index is 0.181. The molecule has 0 spiro atoms. The Kier molecular flexibility index (Phi) is 5.18. The van der Waals surface area contributed by atoms with Gasteiger partial charge in [0.2, 0.25) is 0 Å². The molecule has 0 amide bonds. The SMILES string of the molecule is CCc1oc2ccccc2c1/C=c1\s/c(=C\C(=O)c2ccc(OC)cc2)[nH]c1=O. The molecule has 0 saturated carbocycles. The summed E-state index contributed by atoms with van der Waals surface area (Å²) < 4.78 is 12.0. The van der Waals surface area contributed by atoms with Crippen molar-refractivity contribution >= 4 is 40.2 Å². The van der Waals surface area contributed by atoms with Crippen LogP contribution < -0.4 is 19.5 Å². The Hall–Kier alpha value is -3.38. The number of para-hydroxylation sites is 1. The van der Waals surface area contributed by atoms with E-state index >= 15 is 0 Å². The van der Waals surface area contributed by atoms with Crippen LogP contribution in [0.3, 0.4) is 0 Å². The van der Waals surface area contributed by atoms with Crippen LogP contribution in [-0.2, 0) is 6.42 Å². The Morgan fingerprint density at radius 3 is 2.66 bits per heavy atom. The molecule has 0 fully saturated rings. The number of furan rings is 1. The fraction of sp³-hybridized carbons (Fsp3) is 0.130. The van der Waals surface area contributed by atoms with Crippen molar-refractivity contribution in [1.82, 2.24) is 4.98 Å². The Morgan fingerprint density at radius 1 is 1.17 bits per heavy atom. The second kappa shape index (κ2) is 7.93. The number of fused-ring (bicyclic) bond motifs is 1. The van der Waals surface area contributed by atoms with E-state index in [9.17, 15) is 9.59 Å². The van der Waals surface area contributed by atoms with Crippen LogP contribution in [0.1, 0.15) is 28.6 Å². The first-order valence-electron chi connectivity index (χ1n) is 9.20. The number of H-pyrrole nitrogens is 1. The summed E-state index contributed by atoms with van der Waals surface area (Å²) >= 11 is 1.25. The average molecular weight is 405 g/mol. The average Bonchev–Trinajstić information content (AvgIpc) is 3.28. The molecule has 6 heteroatoms. The number of carbonyl (C=O) groups is 1. The van der Waals surface area contributed by atoms with Gasteiger partial charge in [-0.3, -0.25) is 9.59 Å². The summed E-state index contributed by atoms with van der Waals surface area (Å²) in [4.78, 5) is 27.7. The first-order chi connectivity index (χ1) is 14.1. The van der Waals surface area contributed by atoms with E-state index < -0.39 is 0 Å². The number of aryl methyl sites for hydroxylation is 1. The molecule has 4 aromatic rings. The number of aromatic amines is 1. The number of methoxy groups -OCH3 is 1. The van der Waals surface area contributed by atoms with E-state index in [1.165, 1.54) is 17.4 Å². The van der Waals surface area contributed by atoms with Crippen LogP contribution in [0.25, 0.3) is 23.1 Å². The van der Waals surface area contributed by atoms with Crippen molar-refractivity contribution in [3.05, 3.63) is 85.0 Å². The summed E-state index contributed by atoms with van der Waals surface area (Å²) in [6.07, 6.45) is 4.00. The van der Waals surface area contributed by atoms with Gasteiger partial charge in [-0.1, -0.05) is 25.1 Å². The van der Waals surface area contributed by atoms with E-state index in [1.807, 2.05) is 37.3 Å². The third-order valence-corrected chi connectivity index (χ3v) is 5.59. The van der Waals surface area contributed by atoms with Crippen molar-refractivity contribution in [1.29, 1.82) is 0 Å². The summed E-state index contributed by atoms with van der Waals surface area (Å²) in [6.45, 7) is 2.01. The first kappa shape index (κ1) is 19.0. The molecular weight excluding hydrogens is 386 g/mol. The third-order valence-electron chi connectivity index (χ3n) is 4.62. The monoisotopic (exact) mass is 405 g/mol. The zero-order valence-corrected chi connectivity index (χ0v) is 16.8. The molecule has 5 nitrogen and oxygen atoms in total. The number of carbonyl (C=O) groups excluding carboxylic acids is 1. The largest absolute Gasteiger partial charge is 0.497 e. The number of benzene rings is 2. The van der Waals surface area contributed by atoms with E-state index in [0.717, 1.165) is 28.7 Å². The molecule has 4 rings (SSSR count). The first-order valence-corrected chi connectivity index (χ1v) is 10.0. The van der Waals surface area contributed by atoms with Crippen molar-refractivity contribution in [3.8, 4) is 5.75 Å². The fourth-order valence-corrected chi connectivity index (χ4v) is 4.02. The summed E-state index contributed by atoms with van der Waals surface area (Å²) in [6, 6.07) is 14.6. The predicted octanol–water partition coefficient (Wildman–Crippen LogP) is 3.25. The van der Waals surface area contributed by atoms with E-state index in [4.69, 9.17) is 9.15 Å². The number of ether oxygens (including phenoxy) is 1. The van der Waals surface area contributed by atoms with Gasteiger partial charge in [0.05, 0.1) is 16.3 Å². The summed E-state index contributed by atoms with van der Waals surface area (Å²) in [5.74, 6) is 1.33. The predicted molar refractivity (Wildman–Crippen MR) is 115 cm³/mol. The molecule has 0 aliphatic rings. The lowest BCUT2D eigenvalue weighted by Gasteiger charge is -1.99. The zero-order chi connectivity index (χ0) is 20.4. The van der Waals surface area contributed by atoms with Gasteiger partial charge in [0.1, 0.15) is 17.1 Å². The van der Waals surface area contributed by atoms with Gasteiger partial charge in [-0.25, -0.2) is 0 Å². The van der Waals surface area contributed by atoms with Crippen molar-refractivity contribution in [2.45, 2.75) is 13.3 Å². The van der Waals surface area contributed by atoms with Gasteiger partial charge < -0.3 is 14.1 Å². The van der Waals surface area contributed by atoms with Gasteiger partial charge in [-0.2, -0.15) is 0 Å². The van der Waals surface area contributed by atoms with Crippen LogP contribution in [0.4, 0.5) is 0 Å². The molecule has 2 aromatic heterocycles. The Labute approximate surface area is 170 Å². The molecule has 29 heavy (non-hydrogen) atoms. The van der Waals surface area contributed by atoms with Crippen LogP contribution in [0.2, 0.25) is 0 Å². The van der Waals surface area contributed by atoms with E-state index in [-0.39, 0.29) is 11.3 Å². The molecule has 0 bridgehead atoms. The molecule has 0 saturated heterocycles. The molecule has 2 heterocycles. The van der Waals surface area contributed by atoms with Crippen LogP contribution in [0, 0.1) is 0 Å². The van der Waals surface area contributed by atoms with Crippen molar-refractivity contribution in [3.63, 3.8) is 0 Å². The lowest BCUT2D eigenvalue weighted by atomic mass is 10.1. The molecule has 2 aromatic carbocycles. The number of aromatic nitrogens is 1. The van der Waals surface area contributed by atoms with Gasteiger partial charge in [-0.05, 0) is 36.4 Å². The highest BCUT2D eigenvalue weighted by atomic mass is 32.1. The van der Waals surface area contributed by atoms with Crippen LogP contribution in [-0.4, -0.2) is 17.9 Å². The Morgan fingerprint density at radius 2 is 1.93 bits per heavy atom.